The summed E-state index contributed by atoms with van der Waals surface area (Å²) in [6, 6.07) is 7.24. The average molecular weight is 312 g/mol. The van der Waals surface area contributed by atoms with Crippen molar-refractivity contribution in [1.82, 2.24) is 10.2 Å². The number of aliphatic imine (C=N–C) groups is 1. The zero-order valence-corrected chi connectivity index (χ0v) is 14.0. The molecule has 0 bridgehead atoms. The van der Waals surface area contributed by atoms with Crippen LogP contribution in [-0.4, -0.2) is 43.4 Å². The fourth-order valence-electron chi connectivity index (χ4n) is 2.68. The van der Waals surface area contributed by atoms with Gasteiger partial charge < -0.3 is 15.5 Å². The highest BCUT2D eigenvalue weighted by atomic mass is 16.1. The van der Waals surface area contributed by atoms with Gasteiger partial charge in [0.2, 0.25) is 5.91 Å². The Labute approximate surface area is 138 Å². The fraction of sp³-hybridized carbons (Fsp3) is 0.444. The van der Waals surface area contributed by atoms with Crippen molar-refractivity contribution >= 4 is 17.6 Å². The molecule has 0 spiro atoms. The largest absolute Gasteiger partial charge is 0.347 e. The van der Waals surface area contributed by atoms with Crippen molar-refractivity contribution in [3.63, 3.8) is 0 Å². The van der Waals surface area contributed by atoms with E-state index >= 15 is 0 Å². The maximum absolute atomic E-state index is 12.1. The highest BCUT2D eigenvalue weighted by molar-refractivity contribution is 5.95. The Balaban J connectivity index is 1.87. The predicted molar refractivity (Wildman–Crippen MR) is 94.3 cm³/mol. The summed E-state index contributed by atoms with van der Waals surface area (Å²) in [5.74, 6) is 3.19. The lowest BCUT2D eigenvalue weighted by Gasteiger charge is -2.23. The summed E-state index contributed by atoms with van der Waals surface area (Å²) >= 11 is 0. The molecule has 5 nitrogen and oxygen atoms in total. The lowest BCUT2D eigenvalue weighted by molar-refractivity contribution is -0.115. The average Bonchev–Trinajstić information content (AvgIpc) is 2.88. The molecule has 0 radical (unpaired) electrons. The van der Waals surface area contributed by atoms with Gasteiger partial charge in [0.05, 0.1) is 6.54 Å². The molecule has 0 unspecified atom stereocenters. The molecule has 1 aliphatic rings. The molecule has 1 aromatic rings. The Kier molecular flexibility index (Phi) is 5.28. The Morgan fingerprint density at radius 2 is 2.26 bits per heavy atom. The van der Waals surface area contributed by atoms with E-state index in [1.54, 1.807) is 13.1 Å². The van der Waals surface area contributed by atoms with Crippen molar-refractivity contribution in [2.45, 2.75) is 20.3 Å². The monoisotopic (exact) mass is 312 g/mol. The van der Waals surface area contributed by atoms with Gasteiger partial charge in [-0.25, -0.2) is 0 Å². The molecule has 1 saturated heterocycles. The number of likely N-dealkylation sites (tertiary alicyclic amines) is 1. The van der Waals surface area contributed by atoms with Crippen LogP contribution < -0.4 is 10.6 Å². The maximum Gasteiger partial charge on any atom is 0.243 e. The van der Waals surface area contributed by atoms with Gasteiger partial charge in [-0.15, -0.1) is 6.42 Å². The highest BCUT2D eigenvalue weighted by Crippen LogP contribution is 2.28. The molecule has 1 amide bonds. The van der Waals surface area contributed by atoms with Gasteiger partial charge >= 0.3 is 0 Å². The second-order valence-electron chi connectivity index (χ2n) is 6.51. The van der Waals surface area contributed by atoms with Gasteiger partial charge in [0.25, 0.3) is 0 Å². The van der Waals surface area contributed by atoms with E-state index in [1.165, 1.54) is 0 Å². The minimum absolute atomic E-state index is 0.126. The first-order chi connectivity index (χ1) is 10.9. The van der Waals surface area contributed by atoms with Crippen LogP contribution in [0.3, 0.4) is 0 Å². The predicted octanol–water partition coefficient (Wildman–Crippen LogP) is 1.91. The van der Waals surface area contributed by atoms with Crippen LogP contribution in [0.15, 0.2) is 29.3 Å². The van der Waals surface area contributed by atoms with Crippen LogP contribution in [-0.2, 0) is 4.79 Å². The zero-order chi connectivity index (χ0) is 16.9. The number of terminal acetylenes is 1. The first-order valence-corrected chi connectivity index (χ1v) is 7.76. The van der Waals surface area contributed by atoms with Crippen molar-refractivity contribution in [2.24, 2.45) is 10.4 Å². The number of hydrogen-bond donors (Lipinski definition) is 2. The van der Waals surface area contributed by atoms with Crippen molar-refractivity contribution in [3.05, 3.63) is 29.8 Å². The van der Waals surface area contributed by atoms with Crippen LogP contribution in [0.25, 0.3) is 0 Å². The van der Waals surface area contributed by atoms with E-state index in [9.17, 15) is 4.79 Å². The van der Waals surface area contributed by atoms with E-state index in [-0.39, 0.29) is 17.9 Å². The number of rotatable bonds is 3. The van der Waals surface area contributed by atoms with Crippen LogP contribution in [0.4, 0.5) is 5.69 Å². The van der Waals surface area contributed by atoms with Crippen molar-refractivity contribution in [3.8, 4) is 12.3 Å². The van der Waals surface area contributed by atoms with Crippen molar-refractivity contribution < 1.29 is 4.79 Å². The van der Waals surface area contributed by atoms with Gasteiger partial charge in [0, 0.05) is 31.4 Å². The second kappa shape index (κ2) is 7.19. The van der Waals surface area contributed by atoms with Crippen LogP contribution in [0.2, 0.25) is 0 Å². The third-order valence-corrected chi connectivity index (χ3v) is 3.91. The van der Waals surface area contributed by atoms with Gasteiger partial charge in [-0.2, -0.15) is 0 Å². The zero-order valence-electron chi connectivity index (χ0n) is 14.0. The van der Waals surface area contributed by atoms with Crippen LogP contribution in [0, 0.1) is 17.8 Å². The summed E-state index contributed by atoms with van der Waals surface area (Å²) < 4.78 is 0. The quantitative estimate of drug-likeness (QED) is 0.509. The molecular weight excluding hydrogens is 288 g/mol. The third-order valence-electron chi connectivity index (χ3n) is 3.91. The van der Waals surface area contributed by atoms with Gasteiger partial charge in [0.15, 0.2) is 5.96 Å². The topological polar surface area (TPSA) is 56.7 Å². The SMILES string of the molecule is C#Cc1cccc(NC(=O)CNC(=NC)N2CCC(C)(C)C2)c1. The number of nitrogens with one attached hydrogen (secondary N) is 2. The molecule has 0 aliphatic carbocycles. The molecule has 1 heterocycles. The number of carbonyl (C=O) groups is 1. The number of benzene rings is 1. The van der Waals surface area contributed by atoms with E-state index in [4.69, 9.17) is 6.42 Å². The molecule has 1 aromatic carbocycles. The Bertz CT molecular complexity index is 643. The lowest BCUT2D eigenvalue weighted by Crippen LogP contribution is -2.43. The van der Waals surface area contributed by atoms with E-state index in [0.717, 1.165) is 31.0 Å². The molecule has 0 saturated carbocycles. The minimum Gasteiger partial charge on any atom is -0.347 e. The first-order valence-electron chi connectivity index (χ1n) is 7.76. The first kappa shape index (κ1) is 16.9. The molecule has 0 atom stereocenters. The van der Waals surface area contributed by atoms with E-state index in [1.807, 2.05) is 18.2 Å². The molecule has 0 aromatic heterocycles. The number of carbonyl (C=O) groups excluding carboxylic acids is 1. The lowest BCUT2D eigenvalue weighted by atomic mass is 9.93. The summed E-state index contributed by atoms with van der Waals surface area (Å²) in [4.78, 5) is 18.5. The van der Waals surface area contributed by atoms with E-state index in [2.05, 4.69) is 40.3 Å². The fourth-order valence-corrected chi connectivity index (χ4v) is 2.68. The number of guanidine groups is 1. The van der Waals surface area contributed by atoms with Crippen LogP contribution in [0.5, 0.6) is 0 Å². The molecule has 2 N–H and O–H groups in total. The van der Waals surface area contributed by atoms with E-state index in [0.29, 0.717) is 5.69 Å². The Morgan fingerprint density at radius 1 is 1.48 bits per heavy atom. The van der Waals surface area contributed by atoms with Crippen molar-refractivity contribution in [1.29, 1.82) is 0 Å². The minimum atomic E-state index is -0.126. The summed E-state index contributed by atoms with van der Waals surface area (Å²) in [5.41, 5.74) is 1.73. The Hall–Kier alpha value is -2.48. The normalized spacial score (nSPS) is 16.8. The van der Waals surface area contributed by atoms with Gasteiger partial charge in [0.1, 0.15) is 0 Å². The molecule has 2 rings (SSSR count). The maximum atomic E-state index is 12.1. The number of nitrogens with zero attached hydrogens (tertiary/aromatic N) is 2. The second-order valence-corrected chi connectivity index (χ2v) is 6.51. The van der Waals surface area contributed by atoms with Crippen LogP contribution >= 0.6 is 0 Å². The van der Waals surface area contributed by atoms with Gasteiger partial charge in [-0.1, -0.05) is 25.8 Å². The molecular formula is C18H24N4O. The molecule has 122 valence electrons. The molecule has 23 heavy (non-hydrogen) atoms. The molecule has 1 fully saturated rings. The number of anilines is 1. The van der Waals surface area contributed by atoms with Crippen LogP contribution in [0.1, 0.15) is 25.8 Å². The molecule has 5 heteroatoms. The van der Waals surface area contributed by atoms with E-state index < -0.39 is 0 Å². The standard InChI is InChI=1S/C18H24N4O/c1-5-14-7-6-8-15(11-14)21-16(23)12-20-17(19-4)22-10-9-18(2,3)13-22/h1,6-8,11H,9-10,12-13H2,2-4H3,(H,19,20)(H,21,23). The highest BCUT2D eigenvalue weighted by Gasteiger charge is 2.30. The number of hydrogen-bond acceptors (Lipinski definition) is 2. The van der Waals surface area contributed by atoms with Crippen molar-refractivity contribution in [2.75, 3.05) is 32.0 Å². The van der Waals surface area contributed by atoms with Gasteiger partial charge in [-0.3, -0.25) is 9.79 Å². The summed E-state index contributed by atoms with van der Waals surface area (Å²) in [5, 5.41) is 5.95. The smallest absolute Gasteiger partial charge is 0.243 e. The molecule has 1 aliphatic heterocycles. The summed E-state index contributed by atoms with van der Waals surface area (Å²) in [6.45, 7) is 6.55. The van der Waals surface area contributed by atoms with Gasteiger partial charge in [-0.05, 0) is 30.0 Å². The Morgan fingerprint density at radius 3 is 2.87 bits per heavy atom. The number of amides is 1. The summed E-state index contributed by atoms with van der Waals surface area (Å²) in [6.07, 6.45) is 6.49. The summed E-state index contributed by atoms with van der Waals surface area (Å²) in [7, 11) is 1.74. The third kappa shape index (κ3) is 4.75.